The van der Waals surface area contributed by atoms with Crippen molar-refractivity contribution in [2.24, 2.45) is 4.99 Å². The molecule has 1 heterocycles. The summed E-state index contributed by atoms with van der Waals surface area (Å²) in [5.74, 6) is 1.36. The van der Waals surface area contributed by atoms with Crippen LogP contribution < -0.4 is 15.4 Å². The van der Waals surface area contributed by atoms with Gasteiger partial charge in [-0.15, -0.1) is 24.0 Å². The molecule has 2 aromatic rings. The molecule has 0 spiro atoms. The Bertz CT molecular complexity index is 649. The number of halogens is 2. The maximum atomic E-state index is 5.88. The molecule has 0 radical (unpaired) electrons. The predicted molar refractivity (Wildman–Crippen MR) is 110 cm³/mol. The number of nitrogens with one attached hydrogen (secondary N) is 2. The van der Waals surface area contributed by atoms with Crippen LogP contribution in [0.4, 0.5) is 0 Å². The summed E-state index contributed by atoms with van der Waals surface area (Å²) in [5, 5.41) is 7.29. The van der Waals surface area contributed by atoms with Gasteiger partial charge in [-0.1, -0.05) is 29.8 Å². The highest BCUT2D eigenvalue weighted by atomic mass is 127. The molecule has 0 fully saturated rings. The average molecular weight is 461 g/mol. The Morgan fingerprint density at radius 2 is 1.96 bits per heavy atom. The van der Waals surface area contributed by atoms with Crippen LogP contribution in [0.2, 0.25) is 5.02 Å². The van der Waals surface area contributed by atoms with E-state index >= 15 is 0 Å². The number of pyridine rings is 1. The first-order valence-corrected chi connectivity index (χ1v) is 7.77. The van der Waals surface area contributed by atoms with Gasteiger partial charge in [0, 0.05) is 36.9 Å². The Labute approximate surface area is 164 Å². The molecular formula is C17H22ClIN4O. The number of hydrogen-bond acceptors (Lipinski definition) is 3. The largest absolute Gasteiger partial charge is 0.481 e. The molecule has 0 amide bonds. The van der Waals surface area contributed by atoms with Crippen LogP contribution in [-0.2, 0) is 13.0 Å². The van der Waals surface area contributed by atoms with Crippen molar-refractivity contribution >= 4 is 41.5 Å². The minimum Gasteiger partial charge on any atom is -0.481 e. The summed E-state index contributed by atoms with van der Waals surface area (Å²) < 4.78 is 5.24. The van der Waals surface area contributed by atoms with Crippen LogP contribution in [0.25, 0.3) is 0 Å². The summed E-state index contributed by atoms with van der Waals surface area (Å²) >= 11 is 5.88. The molecule has 0 bridgehead atoms. The highest BCUT2D eigenvalue weighted by Crippen LogP contribution is 2.12. The molecule has 0 saturated carbocycles. The highest BCUT2D eigenvalue weighted by Gasteiger charge is 2.04. The molecule has 24 heavy (non-hydrogen) atoms. The van der Waals surface area contributed by atoms with E-state index in [1.54, 1.807) is 20.4 Å². The maximum absolute atomic E-state index is 5.88. The molecule has 0 aliphatic heterocycles. The molecular weight excluding hydrogens is 439 g/mol. The summed E-state index contributed by atoms with van der Waals surface area (Å²) in [6.45, 7) is 1.38. The van der Waals surface area contributed by atoms with Crippen molar-refractivity contribution in [1.29, 1.82) is 0 Å². The lowest BCUT2D eigenvalue weighted by atomic mass is 10.1. The second kappa shape index (κ2) is 11.1. The Balaban J connectivity index is 0.00000288. The minimum atomic E-state index is 0. The molecule has 0 unspecified atom stereocenters. The zero-order valence-electron chi connectivity index (χ0n) is 13.8. The Hall–Kier alpha value is -1.54. The van der Waals surface area contributed by atoms with Crippen LogP contribution in [0.3, 0.4) is 0 Å². The topological polar surface area (TPSA) is 58.5 Å². The van der Waals surface area contributed by atoms with E-state index in [0.717, 1.165) is 29.5 Å². The van der Waals surface area contributed by atoms with Gasteiger partial charge in [0.25, 0.3) is 0 Å². The van der Waals surface area contributed by atoms with Gasteiger partial charge in [0.05, 0.1) is 7.11 Å². The van der Waals surface area contributed by atoms with Gasteiger partial charge in [0.15, 0.2) is 5.96 Å². The normalized spacial score (nSPS) is 10.7. The molecule has 5 nitrogen and oxygen atoms in total. The van der Waals surface area contributed by atoms with Crippen LogP contribution >= 0.6 is 35.6 Å². The van der Waals surface area contributed by atoms with Crippen molar-refractivity contribution in [1.82, 2.24) is 15.6 Å². The van der Waals surface area contributed by atoms with Gasteiger partial charge in [-0.3, -0.25) is 4.99 Å². The number of guanidine groups is 1. The molecule has 7 heteroatoms. The fraction of sp³-hybridized carbons (Fsp3) is 0.294. The number of aromatic nitrogens is 1. The first kappa shape index (κ1) is 20.5. The third-order valence-electron chi connectivity index (χ3n) is 3.33. The highest BCUT2D eigenvalue weighted by molar-refractivity contribution is 14.0. The molecule has 1 aromatic carbocycles. The Morgan fingerprint density at radius 1 is 1.21 bits per heavy atom. The number of methoxy groups -OCH3 is 1. The van der Waals surface area contributed by atoms with Crippen molar-refractivity contribution in [3.8, 4) is 5.88 Å². The molecule has 0 atom stereocenters. The lowest BCUT2D eigenvalue weighted by Gasteiger charge is -2.13. The summed E-state index contributed by atoms with van der Waals surface area (Å²) in [7, 11) is 3.36. The molecule has 0 saturated heterocycles. The monoisotopic (exact) mass is 460 g/mol. The van der Waals surface area contributed by atoms with Gasteiger partial charge in [-0.2, -0.15) is 0 Å². The first-order valence-electron chi connectivity index (χ1n) is 7.39. The zero-order chi connectivity index (χ0) is 16.5. The second-order valence-corrected chi connectivity index (χ2v) is 5.34. The van der Waals surface area contributed by atoms with Crippen molar-refractivity contribution in [2.75, 3.05) is 20.7 Å². The third-order valence-corrected chi connectivity index (χ3v) is 3.58. The molecule has 2 rings (SSSR count). The van der Waals surface area contributed by atoms with E-state index in [-0.39, 0.29) is 24.0 Å². The standard InChI is InChI=1S/C17H21ClN4O.HI/c1-19-17(21-11-9-13-5-7-15(18)8-6-13)22-12-14-4-3-10-20-16(14)23-2;/h3-8,10H,9,11-12H2,1-2H3,(H2,19,21,22);1H. The molecule has 2 N–H and O–H groups in total. The van der Waals surface area contributed by atoms with Gasteiger partial charge in [-0.05, 0) is 30.2 Å². The van der Waals surface area contributed by atoms with Crippen molar-refractivity contribution in [3.05, 3.63) is 58.7 Å². The average Bonchev–Trinajstić information content (AvgIpc) is 2.59. The van der Waals surface area contributed by atoms with E-state index in [2.05, 4.69) is 20.6 Å². The zero-order valence-corrected chi connectivity index (χ0v) is 16.8. The van der Waals surface area contributed by atoms with Gasteiger partial charge >= 0.3 is 0 Å². The minimum absolute atomic E-state index is 0. The lowest BCUT2D eigenvalue weighted by molar-refractivity contribution is 0.392. The van der Waals surface area contributed by atoms with Crippen LogP contribution in [0, 0.1) is 0 Å². The summed E-state index contributed by atoms with van der Waals surface area (Å²) in [6.07, 6.45) is 2.61. The van der Waals surface area contributed by atoms with Crippen LogP contribution in [0.1, 0.15) is 11.1 Å². The Kier molecular flexibility index (Phi) is 9.48. The fourth-order valence-electron chi connectivity index (χ4n) is 2.12. The fourth-order valence-corrected chi connectivity index (χ4v) is 2.24. The summed E-state index contributed by atoms with van der Waals surface area (Å²) in [4.78, 5) is 8.39. The number of benzene rings is 1. The van der Waals surface area contributed by atoms with E-state index in [1.165, 1.54) is 5.56 Å². The van der Waals surface area contributed by atoms with Crippen LogP contribution in [0.5, 0.6) is 5.88 Å². The van der Waals surface area contributed by atoms with Crippen molar-refractivity contribution in [2.45, 2.75) is 13.0 Å². The summed E-state index contributed by atoms with van der Waals surface area (Å²) in [5.41, 5.74) is 2.21. The van der Waals surface area contributed by atoms with Gasteiger partial charge in [0.1, 0.15) is 0 Å². The van der Waals surface area contributed by atoms with E-state index < -0.39 is 0 Å². The maximum Gasteiger partial charge on any atom is 0.218 e. The quantitative estimate of drug-likeness (QED) is 0.395. The molecule has 0 aliphatic carbocycles. The molecule has 0 aliphatic rings. The number of ether oxygens (including phenoxy) is 1. The van der Waals surface area contributed by atoms with Crippen molar-refractivity contribution in [3.63, 3.8) is 0 Å². The van der Waals surface area contributed by atoms with E-state index in [0.29, 0.717) is 12.4 Å². The SMILES string of the molecule is CN=C(NCCc1ccc(Cl)cc1)NCc1cccnc1OC.I. The van der Waals surface area contributed by atoms with Gasteiger partial charge in [-0.25, -0.2) is 4.98 Å². The van der Waals surface area contributed by atoms with Gasteiger partial charge in [0.2, 0.25) is 5.88 Å². The number of hydrogen-bond donors (Lipinski definition) is 2. The predicted octanol–water partition coefficient (Wildman–Crippen LogP) is 3.27. The van der Waals surface area contributed by atoms with E-state index in [1.807, 2.05) is 36.4 Å². The van der Waals surface area contributed by atoms with E-state index in [4.69, 9.17) is 16.3 Å². The van der Waals surface area contributed by atoms with Crippen molar-refractivity contribution < 1.29 is 4.74 Å². The van der Waals surface area contributed by atoms with Crippen LogP contribution in [-0.4, -0.2) is 31.6 Å². The smallest absolute Gasteiger partial charge is 0.218 e. The lowest BCUT2D eigenvalue weighted by Crippen LogP contribution is -2.37. The van der Waals surface area contributed by atoms with Gasteiger partial charge < -0.3 is 15.4 Å². The number of nitrogens with zero attached hydrogens (tertiary/aromatic N) is 2. The van der Waals surface area contributed by atoms with Crippen LogP contribution in [0.15, 0.2) is 47.6 Å². The van der Waals surface area contributed by atoms with E-state index in [9.17, 15) is 0 Å². The molecule has 130 valence electrons. The Morgan fingerprint density at radius 3 is 2.62 bits per heavy atom. The first-order chi connectivity index (χ1) is 11.2. The summed E-state index contributed by atoms with van der Waals surface area (Å²) in [6, 6.07) is 11.7. The number of aliphatic imine (C=N–C) groups is 1. The number of rotatable bonds is 6. The molecule has 1 aromatic heterocycles. The third kappa shape index (κ3) is 6.52. The second-order valence-electron chi connectivity index (χ2n) is 4.90.